The first kappa shape index (κ1) is 7.13. The Morgan fingerprint density at radius 2 is 2.36 bits per heavy atom. The van der Waals surface area contributed by atoms with Gasteiger partial charge in [0.1, 0.15) is 10.7 Å². The van der Waals surface area contributed by atoms with Crippen molar-refractivity contribution < 1.29 is 4.42 Å². The average molecular weight is 232 g/mol. The molecule has 4 heteroatoms. The van der Waals surface area contributed by atoms with Crippen molar-refractivity contribution in [3.63, 3.8) is 0 Å². The summed E-state index contributed by atoms with van der Waals surface area (Å²) in [7, 11) is 0. The smallest absolute Gasteiger partial charge is 0.170 e. The van der Waals surface area contributed by atoms with Crippen LogP contribution in [0.2, 0.25) is 5.15 Å². The van der Waals surface area contributed by atoms with Crippen molar-refractivity contribution in [2.45, 2.75) is 0 Å². The van der Waals surface area contributed by atoms with Crippen LogP contribution in [0, 0.1) is 0 Å². The summed E-state index contributed by atoms with van der Waals surface area (Å²) < 4.78 is 5.91. The first-order chi connectivity index (χ1) is 5.27. The van der Waals surface area contributed by atoms with Crippen LogP contribution in [0.4, 0.5) is 0 Å². The molecule has 2 aromatic heterocycles. The lowest BCUT2D eigenvalue weighted by Crippen LogP contribution is -1.71. The fourth-order valence-corrected chi connectivity index (χ4v) is 1.51. The number of furan rings is 1. The minimum atomic E-state index is 0.469. The monoisotopic (exact) mass is 231 g/mol. The summed E-state index contributed by atoms with van der Waals surface area (Å²) >= 11 is 8.98. The Bertz CT molecular complexity index is 398. The van der Waals surface area contributed by atoms with Gasteiger partial charge in [0, 0.05) is 12.3 Å². The van der Waals surface area contributed by atoms with E-state index in [0.29, 0.717) is 9.82 Å². The van der Waals surface area contributed by atoms with Crippen molar-refractivity contribution >= 4 is 38.5 Å². The molecule has 0 bridgehead atoms. The van der Waals surface area contributed by atoms with Gasteiger partial charge in [-0.25, -0.2) is 4.98 Å². The van der Waals surface area contributed by atoms with Crippen LogP contribution in [-0.2, 0) is 0 Å². The third-order valence-electron chi connectivity index (χ3n) is 1.37. The molecule has 0 fully saturated rings. The van der Waals surface area contributed by atoms with Crippen LogP contribution in [0.15, 0.2) is 27.4 Å². The second-order valence-corrected chi connectivity index (χ2v) is 3.20. The molecule has 0 amide bonds. The molecule has 2 heterocycles. The van der Waals surface area contributed by atoms with E-state index in [2.05, 4.69) is 20.9 Å². The molecule has 11 heavy (non-hydrogen) atoms. The predicted molar refractivity (Wildman–Crippen MR) is 46.7 cm³/mol. The van der Waals surface area contributed by atoms with E-state index in [9.17, 15) is 0 Å². The molecular formula is C7H3BrClNO. The molecule has 56 valence electrons. The third kappa shape index (κ3) is 1.14. The Labute approximate surface area is 76.3 Å². The topological polar surface area (TPSA) is 26.0 Å². The number of fused-ring (bicyclic) bond motifs is 1. The van der Waals surface area contributed by atoms with Crippen molar-refractivity contribution in [2.75, 3.05) is 0 Å². The minimum Gasteiger partial charge on any atom is -0.449 e. The summed E-state index contributed by atoms with van der Waals surface area (Å²) in [6.07, 6.45) is 1.61. The van der Waals surface area contributed by atoms with Gasteiger partial charge < -0.3 is 4.42 Å². The van der Waals surface area contributed by atoms with Crippen molar-refractivity contribution in [3.05, 3.63) is 28.2 Å². The fourth-order valence-electron chi connectivity index (χ4n) is 0.899. The Kier molecular flexibility index (Phi) is 1.62. The molecular weight excluding hydrogens is 229 g/mol. The van der Waals surface area contributed by atoms with Crippen molar-refractivity contribution in [2.24, 2.45) is 0 Å². The van der Waals surface area contributed by atoms with Crippen molar-refractivity contribution in [1.29, 1.82) is 0 Å². The number of halogens is 2. The first-order valence-electron chi connectivity index (χ1n) is 2.97. The molecule has 2 nitrogen and oxygen atoms in total. The van der Waals surface area contributed by atoms with Crippen LogP contribution in [0.25, 0.3) is 11.0 Å². The molecule has 0 radical (unpaired) electrons. The summed E-state index contributed by atoms with van der Waals surface area (Å²) in [5.41, 5.74) is 0.747. The molecule has 0 aromatic carbocycles. The van der Waals surface area contributed by atoms with Gasteiger partial charge in [0.2, 0.25) is 0 Å². The second kappa shape index (κ2) is 2.50. The number of nitrogens with zero attached hydrogens (tertiary/aromatic N) is 1. The van der Waals surface area contributed by atoms with Crippen LogP contribution < -0.4 is 0 Å². The average Bonchev–Trinajstić information content (AvgIpc) is 2.31. The lowest BCUT2D eigenvalue weighted by molar-refractivity contribution is 0.587. The molecule has 2 aromatic rings. The summed E-state index contributed by atoms with van der Waals surface area (Å²) in [5, 5.41) is 1.30. The molecule has 0 saturated heterocycles. The molecule has 2 rings (SSSR count). The van der Waals surface area contributed by atoms with Gasteiger partial charge in [0.05, 0.1) is 5.39 Å². The van der Waals surface area contributed by atoms with Crippen LogP contribution >= 0.6 is 27.5 Å². The Balaban J connectivity index is 2.90. The maximum absolute atomic E-state index is 5.78. The van der Waals surface area contributed by atoms with Crippen LogP contribution in [0.3, 0.4) is 0 Å². The van der Waals surface area contributed by atoms with Crippen LogP contribution in [0.5, 0.6) is 0 Å². The Morgan fingerprint density at radius 3 is 3.09 bits per heavy atom. The zero-order valence-corrected chi connectivity index (χ0v) is 7.69. The quantitative estimate of drug-likeness (QED) is 0.652. The highest BCUT2D eigenvalue weighted by atomic mass is 79.9. The van der Waals surface area contributed by atoms with E-state index >= 15 is 0 Å². The Hall–Kier alpha value is -0.540. The molecule has 0 N–H and O–H groups in total. The van der Waals surface area contributed by atoms with Crippen molar-refractivity contribution in [3.8, 4) is 0 Å². The Morgan fingerprint density at radius 1 is 1.55 bits per heavy atom. The zero-order chi connectivity index (χ0) is 7.84. The van der Waals surface area contributed by atoms with E-state index in [1.165, 1.54) is 0 Å². The number of hydrogen-bond donors (Lipinski definition) is 0. The van der Waals surface area contributed by atoms with E-state index in [4.69, 9.17) is 16.0 Å². The number of hydrogen-bond acceptors (Lipinski definition) is 2. The van der Waals surface area contributed by atoms with E-state index < -0.39 is 0 Å². The standard InChI is InChI=1S/C7H3BrClNO/c8-6-3-4-5(11-6)1-2-10-7(4)9/h1-3H. The fraction of sp³-hybridized carbons (Fsp3) is 0. The van der Waals surface area contributed by atoms with E-state index in [-0.39, 0.29) is 0 Å². The number of aromatic nitrogens is 1. The highest BCUT2D eigenvalue weighted by Crippen LogP contribution is 2.27. The van der Waals surface area contributed by atoms with Gasteiger partial charge >= 0.3 is 0 Å². The van der Waals surface area contributed by atoms with Gasteiger partial charge in [0.25, 0.3) is 0 Å². The van der Waals surface area contributed by atoms with Crippen LogP contribution in [0.1, 0.15) is 0 Å². The largest absolute Gasteiger partial charge is 0.449 e. The SMILES string of the molecule is Clc1nccc2oc(Br)cc12. The second-order valence-electron chi connectivity index (χ2n) is 2.06. The highest BCUT2D eigenvalue weighted by Gasteiger charge is 2.04. The van der Waals surface area contributed by atoms with E-state index in [0.717, 1.165) is 11.0 Å². The molecule has 0 saturated carbocycles. The zero-order valence-electron chi connectivity index (χ0n) is 5.34. The molecule has 0 aliphatic heterocycles. The minimum absolute atomic E-state index is 0.469. The third-order valence-corrected chi connectivity index (χ3v) is 2.06. The summed E-state index contributed by atoms with van der Waals surface area (Å²) in [6, 6.07) is 3.57. The maximum atomic E-state index is 5.78. The maximum Gasteiger partial charge on any atom is 0.170 e. The van der Waals surface area contributed by atoms with Crippen molar-refractivity contribution in [1.82, 2.24) is 4.98 Å². The summed E-state index contributed by atoms with van der Waals surface area (Å²) in [6.45, 7) is 0. The molecule has 0 aliphatic carbocycles. The summed E-state index contributed by atoms with van der Waals surface area (Å²) in [4.78, 5) is 3.91. The number of pyridine rings is 1. The molecule has 0 aliphatic rings. The lowest BCUT2D eigenvalue weighted by Gasteiger charge is -1.87. The van der Waals surface area contributed by atoms with Gasteiger partial charge in [0.15, 0.2) is 4.67 Å². The normalized spacial score (nSPS) is 10.7. The van der Waals surface area contributed by atoms with E-state index in [1.54, 1.807) is 18.3 Å². The van der Waals surface area contributed by atoms with Gasteiger partial charge in [-0.2, -0.15) is 0 Å². The lowest BCUT2D eigenvalue weighted by atomic mass is 10.3. The molecule has 0 atom stereocenters. The predicted octanol–water partition coefficient (Wildman–Crippen LogP) is 3.24. The molecule has 0 spiro atoms. The van der Waals surface area contributed by atoms with Gasteiger partial charge in [-0.05, 0) is 22.0 Å². The highest BCUT2D eigenvalue weighted by molar-refractivity contribution is 9.10. The van der Waals surface area contributed by atoms with Gasteiger partial charge in [-0.15, -0.1) is 0 Å². The van der Waals surface area contributed by atoms with Crippen LogP contribution in [-0.4, -0.2) is 4.98 Å². The first-order valence-corrected chi connectivity index (χ1v) is 4.14. The van der Waals surface area contributed by atoms with Gasteiger partial charge in [-0.1, -0.05) is 11.6 Å². The number of rotatable bonds is 0. The molecule has 0 unspecified atom stereocenters. The summed E-state index contributed by atoms with van der Waals surface area (Å²) in [5.74, 6) is 0. The van der Waals surface area contributed by atoms with Gasteiger partial charge in [-0.3, -0.25) is 0 Å². The van der Waals surface area contributed by atoms with E-state index in [1.807, 2.05) is 0 Å².